The van der Waals surface area contributed by atoms with Gasteiger partial charge in [-0.25, -0.2) is 0 Å². The van der Waals surface area contributed by atoms with Crippen LogP contribution in [0.5, 0.6) is 0 Å². The Morgan fingerprint density at radius 2 is 0.897 bits per heavy atom. The van der Waals surface area contributed by atoms with E-state index in [2.05, 4.69) is 240 Å². The van der Waals surface area contributed by atoms with Crippen LogP contribution in [0.1, 0.15) is 0 Å². The fourth-order valence-electron chi connectivity index (χ4n) is 8.95. The second-order valence-corrected chi connectivity index (χ2v) is 14.9. The van der Waals surface area contributed by atoms with Gasteiger partial charge < -0.3 is 9.47 Å². The summed E-state index contributed by atoms with van der Waals surface area (Å²) in [6.07, 6.45) is 0. The van der Waals surface area contributed by atoms with Gasteiger partial charge in [-0.2, -0.15) is 0 Å². The number of aromatic nitrogens is 1. The van der Waals surface area contributed by atoms with Gasteiger partial charge in [0.2, 0.25) is 0 Å². The molecule has 0 N–H and O–H groups in total. The maximum absolute atomic E-state index is 2.44. The first kappa shape index (κ1) is 33.6. The van der Waals surface area contributed by atoms with E-state index in [0.29, 0.717) is 0 Å². The molecule has 11 aromatic rings. The lowest BCUT2D eigenvalue weighted by Crippen LogP contribution is -2.10. The van der Waals surface area contributed by atoms with Crippen LogP contribution in [0.4, 0.5) is 17.1 Å². The van der Waals surface area contributed by atoms with Crippen molar-refractivity contribution in [1.82, 2.24) is 4.57 Å². The predicted octanol–water partition coefficient (Wildman–Crippen LogP) is 15.6. The largest absolute Gasteiger partial charge is 0.310 e. The predicted molar refractivity (Wildman–Crippen MR) is 247 cm³/mol. The minimum absolute atomic E-state index is 1.10. The average molecular weight is 739 g/mol. The Hall–Kier alpha value is -7.68. The smallest absolute Gasteiger partial charge is 0.0619 e. The van der Waals surface area contributed by atoms with Crippen LogP contribution in [0.2, 0.25) is 0 Å². The number of benzene rings is 10. The maximum Gasteiger partial charge on any atom is 0.0619 e. The molecule has 2 heteroatoms. The summed E-state index contributed by atoms with van der Waals surface area (Å²) in [6.45, 7) is 0. The third-order valence-electron chi connectivity index (χ3n) is 11.6. The molecule has 0 unspecified atom stereocenters. The molecule has 0 spiro atoms. The summed E-state index contributed by atoms with van der Waals surface area (Å²) in [6, 6.07) is 83.6. The van der Waals surface area contributed by atoms with E-state index in [4.69, 9.17) is 0 Å². The molecule has 0 bridgehead atoms. The minimum atomic E-state index is 1.10. The number of rotatable bonds is 7. The topological polar surface area (TPSA) is 8.17 Å². The van der Waals surface area contributed by atoms with E-state index >= 15 is 0 Å². The molecule has 0 aliphatic carbocycles. The first-order valence-corrected chi connectivity index (χ1v) is 19.9. The molecule has 1 aromatic heterocycles. The van der Waals surface area contributed by atoms with Crippen LogP contribution in [0.3, 0.4) is 0 Å². The quantitative estimate of drug-likeness (QED) is 0.158. The Balaban J connectivity index is 1.10. The average Bonchev–Trinajstić information content (AvgIpc) is 3.65. The van der Waals surface area contributed by atoms with Gasteiger partial charge in [-0.3, -0.25) is 0 Å². The Labute approximate surface area is 338 Å². The summed E-state index contributed by atoms with van der Waals surface area (Å²) in [7, 11) is 0. The highest BCUT2D eigenvalue weighted by atomic mass is 15.1. The van der Waals surface area contributed by atoms with Crippen LogP contribution in [0.25, 0.3) is 82.4 Å². The van der Waals surface area contributed by atoms with Gasteiger partial charge in [0.15, 0.2) is 0 Å². The van der Waals surface area contributed by atoms with E-state index in [1.165, 1.54) is 76.7 Å². The van der Waals surface area contributed by atoms with Crippen molar-refractivity contribution in [2.24, 2.45) is 0 Å². The van der Waals surface area contributed by atoms with Gasteiger partial charge in [0.05, 0.1) is 16.7 Å². The van der Waals surface area contributed by atoms with Crippen LogP contribution < -0.4 is 4.90 Å². The third-order valence-corrected chi connectivity index (χ3v) is 11.6. The van der Waals surface area contributed by atoms with E-state index in [1.54, 1.807) is 0 Å². The number of fused-ring (bicyclic) bond motifs is 6. The van der Waals surface area contributed by atoms with Crippen LogP contribution in [-0.4, -0.2) is 4.57 Å². The summed E-state index contributed by atoms with van der Waals surface area (Å²) in [5, 5.41) is 7.39. The highest BCUT2D eigenvalue weighted by Crippen LogP contribution is 2.45. The lowest BCUT2D eigenvalue weighted by atomic mass is 9.94. The first-order valence-electron chi connectivity index (χ1n) is 19.9. The lowest BCUT2D eigenvalue weighted by molar-refractivity contribution is 1.19. The van der Waals surface area contributed by atoms with Gasteiger partial charge in [-0.15, -0.1) is 0 Å². The van der Waals surface area contributed by atoms with E-state index in [9.17, 15) is 0 Å². The Bertz CT molecular complexity index is 3260. The van der Waals surface area contributed by atoms with E-state index < -0.39 is 0 Å². The zero-order chi connectivity index (χ0) is 38.4. The second kappa shape index (κ2) is 14.1. The number of para-hydroxylation sites is 1. The van der Waals surface area contributed by atoms with Gasteiger partial charge in [0.1, 0.15) is 0 Å². The van der Waals surface area contributed by atoms with Gasteiger partial charge >= 0.3 is 0 Å². The van der Waals surface area contributed by atoms with Crippen molar-refractivity contribution in [1.29, 1.82) is 0 Å². The van der Waals surface area contributed by atoms with Gasteiger partial charge in [-0.1, -0.05) is 182 Å². The highest BCUT2D eigenvalue weighted by molar-refractivity contribution is 6.22. The monoisotopic (exact) mass is 738 g/mol. The highest BCUT2D eigenvalue weighted by Gasteiger charge is 2.21. The maximum atomic E-state index is 2.44. The summed E-state index contributed by atoms with van der Waals surface area (Å²) in [5.74, 6) is 0. The summed E-state index contributed by atoms with van der Waals surface area (Å²) < 4.78 is 2.44. The van der Waals surface area contributed by atoms with Crippen molar-refractivity contribution in [3.8, 4) is 39.1 Å². The molecule has 0 aliphatic heterocycles. The molecule has 0 fully saturated rings. The van der Waals surface area contributed by atoms with Crippen molar-refractivity contribution in [2.45, 2.75) is 0 Å². The summed E-state index contributed by atoms with van der Waals surface area (Å²) >= 11 is 0. The summed E-state index contributed by atoms with van der Waals surface area (Å²) in [5.41, 5.74) is 14.1. The van der Waals surface area contributed by atoms with E-state index in [0.717, 1.165) is 22.7 Å². The first-order chi connectivity index (χ1) is 28.8. The molecule has 0 saturated carbocycles. The second-order valence-electron chi connectivity index (χ2n) is 14.9. The summed E-state index contributed by atoms with van der Waals surface area (Å²) in [4.78, 5) is 2.42. The number of hydrogen-bond acceptors (Lipinski definition) is 1. The van der Waals surface area contributed by atoms with Crippen LogP contribution in [0, 0.1) is 0 Å². The Morgan fingerprint density at radius 3 is 1.67 bits per heavy atom. The number of anilines is 3. The molecule has 58 heavy (non-hydrogen) atoms. The molecule has 1 heterocycles. The molecule has 0 radical (unpaired) electrons. The fourth-order valence-corrected chi connectivity index (χ4v) is 8.95. The number of nitrogens with zero attached hydrogens (tertiary/aromatic N) is 2. The molecular weight excluding hydrogens is 701 g/mol. The standard InChI is InChI=1S/C56H38N2/c1-3-16-39(17-4-1)47-25-11-12-26-48(47)42-32-35-45(36-33-42)57(53-30-14-20-40-18-7-9-27-49(40)53)46-24-13-21-43(38-46)50-29-15-31-54-55(50)52-37-34-41-19-8-10-28-51(41)56(52)58(54)44-22-5-2-6-23-44/h1-38H. The van der Waals surface area contributed by atoms with Gasteiger partial charge in [0, 0.05) is 38.6 Å². The molecule has 11 rings (SSSR count). The van der Waals surface area contributed by atoms with Crippen molar-refractivity contribution < 1.29 is 0 Å². The molecule has 272 valence electrons. The molecule has 2 nitrogen and oxygen atoms in total. The van der Waals surface area contributed by atoms with Crippen molar-refractivity contribution >= 4 is 60.4 Å². The van der Waals surface area contributed by atoms with E-state index in [1.807, 2.05) is 0 Å². The molecule has 0 saturated heterocycles. The van der Waals surface area contributed by atoms with Crippen molar-refractivity contribution in [3.05, 3.63) is 231 Å². The van der Waals surface area contributed by atoms with E-state index in [-0.39, 0.29) is 0 Å². The minimum Gasteiger partial charge on any atom is -0.310 e. The molecular formula is C56H38N2. The Morgan fingerprint density at radius 1 is 0.328 bits per heavy atom. The third kappa shape index (κ3) is 5.66. The molecule has 0 atom stereocenters. The van der Waals surface area contributed by atoms with Crippen molar-refractivity contribution in [3.63, 3.8) is 0 Å². The molecule has 0 aliphatic rings. The van der Waals surface area contributed by atoms with Crippen molar-refractivity contribution in [2.75, 3.05) is 4.90 Å². The Kier molecular flexibility index (Phi) is 8.19. The van der Waals surface area contributed by atoms with Crippen LogP contribution in [-0.2, 0) is 0 Å². The lowest BCUT2D eigenvalue weighted by Gasteiger charge is -2.27. The zero-order valence-electron chi connectivity index (χ0n) is 31.8. The normalized spacial score (nSPS) is 11.4. The van der Waals surface area contributed by atoms with Gasteiger partial charge in [0.25, 0.3) is 0 Å². The fraction of sp³-hybridized carbons (Fsp3) is 0. The van der Waals surface area contributed by atoms with Crippen LogP contribution >= 0.6 is 0 Å². The molecule has 0 amide bonds. The zero-order valence-corrected chi connectivity index (χ0v) is 31.8. The van der Waals surface area contributed by atoms with Gasteiger partial charge in [-0.05, 0) is 92.7 Å². The molecule has 10 aromatic carbocycles. The SMILES string of the molecule is c1ccc(-c2ccccc2-c2ccc(N(c3cccc(-c4cccc5c4c4ccc6ccccc6c4n5-c4ccccc4)c3)c3cccc4ccccc34)cc2)cc1. The van der Waals surface area contributed by atoms with Crippen LogP contribution in [0.15, 0.2) is 231 Å². The number of hydrogen-bond donors (Lipinski definition) is 0.